The largest absolute Gasteiger partial charge is 0.363 e. The zero-order valence-corrected chi connectivity index (χ0v) is 14.2. The first kappa shape index (κ1) is 15.6. The molecule has 2 fully saturated rings. The maximum atomic E-state index is 13.0. The van der Waals surface area contributed by atoms with Crippen molar-refractivity contribution in [2.75, 3.05) is 33.3 Å². The predicted octanol–water partition coefficient (Wildman–Crippen LogP) is 1.57. The number of nitrogens with zero attached hydrogens (tertiary/aromatic N) is 2. The van der Waals surface area contributed by atoms with Crippen LogP contribution >= 0.6 is 0 Å². The lowest BCUT2D eigenvalue weighted by Gasteiger charge is -2.46. The third-order valence-electron chi connectivity index (χ3n) is 5.87. The minimum Gasteiger partial charge on any atom is -0.363 e. The topological polar surface area (TPSA) is 49.9 Å². The molecule has 1 aliphatic carbocycles. The summed E-state index contributed by atoms with van der Waals surface area (Å²) in [6.45, 7) is 2.25. The van der Waals surface area contributed by atoms with Gasteiger partial charge in [0.05, 0.1) is 11.5 Å². The van der Waals surface area contributed by atoms with Crippen LogP contribution in [0.1, 0.15) is 36.3 Å². The van der Waals surface area contributed by atoms with E-state index in [0.717, 1.165) is 38.8 Å². The van der Waals surface area contributed by atoms with Crippen LogP contribution in [0.15, 0.2) is 24.3 Å². The molecule has 0 aromatic heterocycles. The van der Waals surface area contributed by atoms with Crippen LogP contribution in [0.25, 0.3) is 0 Å². The maximum absolute atomic E-state index is 13.0. The normalized spacial score (nSPS) is 25.9. The Morgan fingerprint density at radius 1 is 1.25 bits per heavy atom. The van der Waals surface area contributed by atoms with Crippen molar-refractivity contribution < 1.29 is 14.3 Å². The van der Waals surface area contributed by atoms with E-state index in [0.29, 0.717) is 6.54 Å². The number of hydrogen-bond acceptors (Lipinski definition) is 3. The van der Waals surface area contributed by atoms with Crippen LogP contribution in [0.4, 0.5) is 0 Å². The molecule has 4 rings (SSSR count). The molecular formula is C19H24N2O3. The minimum atomic E-state index is -0.257. The van der Waals surface area contributed by atoms with E-state index in [1.807, 2.05) is 18.0 Å². The van der Waals surface area contributed by atoms with Crippen LogP contribution in [0.5, 0.6) is 0 Å². The van der Waals surface area contributed by atoms with Crippen LogP contribution in [0.2, 0.25) is 0 Å². The summed E-state index contributed by atoms with van der Waals surface area (Å²) < 4.78 is 5.87. The molecule has 1 aromatic carbocycles. The van der Waals surface area contributed by atoms with Gasteiger partial charge in [0.25, 0.3) is 0 Å². The first-order valence-corrected chi connectivity index (χ1v) is 8.82. The molecule has 2 saturated heterocycles. The van der Waals surface area contributed by atoms with Gasteiger partial charge in [0, 0.05) is 26.7 Å². The molecule has 2 aliphatic heterocycles. The third-order valence-corrected chi connectivity index (χ3v) is 5.87. The summed E-state index contributed by atoms with van der Waals surface area (Å²) in [4.78, 5) is 28.3. The van der Waals surface area contributed by atoms with Gasteiger partial charge < -0.3 is 14.5 Å². The molecule has 1 aromatic rings. The number of piperidine rings is 1. The van der Waals surface area contributed by atoms with Crippen molar-refractivity contribution in [1.82, 2.24) is 9.80 Å². The fourth-order valence-corrected chi connectivity index (χ4v) is 4.36. The molecule has 5 nitrogen and oxygen atoms in total. The number of likely N-dealkylation sites (tertiary alicyclic amines) is 1. The third kappa shape index (κ3) is 2.61. The van der Waals surface area contributed by atoms with E-state index in [9.17, 15) is 9.59 Å². The monoisotopic (exact) mass is 328 g/mol. The standard InChI is InChI=1S/C19H24N2O3/c1-20-13-19(24-12-17(20)22)8-10-21(11-9-19)18(23)16-7-6-14-4-2-3-5-15(14)16/h2-5,16H,6-13H2,1H3/t16-/m0/s1. The summed E-state index contributed by atoms with van der Waals surface area (Å²) in [6, 6.07) is 8.31. The second-order valence-corrected chi connectivity index (χ2v) is 7.34. The van der Waals surface area contributed by atoms with Crippen molar-refractivity contribution >= 4 is 11.8 Å². The van der Waals surface area contributed by atoms with Gasteiger partial charge in [-0.25, -0.2) is 0 Å². The Hall–Kier alpha value is -1.88. The Balaban J connectivity index is 1.41. The first-order chi connectivity index (χ1) is 11.6. The molecule has 1 atom stereocenters. The zero-order valence-electron chi connectivity index (χ0n) is 14.2. The Bertz CT molecular complexity index is 664. The number of morpholine rings is 1. The average molecular weight is 328 g/mol. The molecule has 0 unspecified atom stereocenters. The molecule has 2 heterocycles. The molecule has 1 spiro atoms. The molecule has 0 radical (unpaired) electrons. The van der Waals surface area contributed by atoms with Crippen LogP contribution in [0.3, 0.4) is 0 Å². The lowest BCUT2D eigenvalue weighted by molar-refractivity contribution is -0.171. The Morgan fingerprint density at radius 3 is 2.75 bits per heavy atom. The number of hydrogen-bond donors (Lipinski definition) is 0. The molecular weight excluding hydrogens is 304 g/mol. The highest BCUT2D eigenvalue weighted by Crippen LogP contribution is 2.36. The number of amides is 2. The lowest BCUT2D eigenvalue weighted by Crippen LogP contribution is -2.58. The number of rotatable bonds is 1. The number of benzene rings is 1. The van der Waals surface area contributed by atoms with E-state index >= 15 is 0 Å². The quantitative estimate of drug-likeness (QED) is 0.786. The Labute approximate surface area is 142 Å². The van der Waals surface area contributed by atoms with Crippen molar-refractivity contribution in [3.8, 4) is 0 Å². The number of carbonyl (C=O) groups is 2. The summed E-state index contributed by atoms with van der Waals surface area (Å²) in [5.74, 6) is 0.323. The van der Waals surface area contributed by atoms with Crippen LogP contribution in [-0.2, 0) is 20.7 Å². The summed E-state index contributed by atoms with van der Waals surface area (Å²) in [7, 11) is 1.83. The van der Waals surface area contributed by atoms with Gasteiger partial charge in [-0.1, -0.05) is 24.3 Å². The van der Waals surface area contributed by atoms with Crippen molar-refractivity contribution in [1.29, 1.82) is 0 Å². The summed E-state index contributed by atoms with van der Waals surface area (Å²) in [6.07, 6.45) is 3.55. The van der Waals surface area contributed by atoms with E-state index < -0.39 is 0 Å². The molecule has 3 aliphatic rings. The molecule has 128 valence electrons. The summed E-state index contributed by atoms with van der Waals surface area (Å²) in [5, 5.41) is 0. The molecule has 2 amide bonds. The second-order valence-electron chi connectivity index (χ2n) is 7.34. The van der Waals surface area contributed by atoms with Gasteiger partial charge in [0.1, 0.15) is 6.61 Å². The molecule has 5 heteroatoms. The Kier molecular flexibility index (Phi) is 3.83. The van der Waals surface area contributed by atoms with Crippen molar-refractivity contribution in [2.24, 2.45) is 0 Å². The first-order valence-electron chi connectivity index (χ1n) is 8.82. The van der Waals surface area contributed by atoms with Gasteiger partial charge in [0.15, 0.2) is 0 Å². The van der Waals surface area contributed by atoms with Crippen LogP contribution < -0.4 is 0 Å². The van der Waals surface area contributed by atoms with E-state index in [1.54, 1.807) is 4.90 Å². The SMILES string of the molecule is CN1CC2(CCN(C(=O)[C@H]3CCc4ccccc43)CC2)OCC1=O. The number of fused-ring (bicyclic) bond motifs is 1. The van der Waals surface area contributed by atoms with Crippen molar-refractivity contribution in [3.05, 3.63) is 35.4 Å². The predicted molar refractivity (Wildman–Crippen MR) is 89.6 cm³/mol. The lowest BCUT2D eigenvalue weighted by atomic mass is 9.88. The summed E-state index contributed by atoms with van der Waals surface area (Å²) >= 11 is 0. The van der Waals surface area contributed by atoms with E-state index in [2.05, 4.69) is 18.2 Å². The van der Waals surface area contributed by atoms with Gasteiger partial charge in [-0.2, -0.15) is 0 Å². The highest BCUT2D eigenvalue weighted by atomic mass is 16.5. The zero-order chi connectivity index (χ0) is 16.7. The van der Waals surface area contributed by atoms with E-state index in [1.165, 1.54) is 11.1 Å². The van der Waals surface area contributed by atoms with Crippen molar-refractivity contribution in [2.45, 2.75) is 37.2 Å². The number of carbonyl (C=O) groups excluding carboxylic acids is 2. The van der Waals surface area contributed by atoms with Gasteiger partial charge in [-0.15, -0.1) is 0 Å². The van der Waals surface area contributed by atoms with Gasteiger partial charge >= 0.3 is 0 Å². The summed E-state index contributed by atoms with van der Waals surface area (Å²) in [5.41, 5.74) is 2.27. The highest BCUT2D eigenvalue weighted by molar-refractivity contribution is 5.85. The van der Waals surface area contributed by atoms with Gasteiger partial charge in [-0.3, -0.25) is 9.59 Å². The fourth-order valence-electron chi connectivity index (χ4n) is 4.36. The molecule has 0 bridgehead atoms. The second kappa shape index (κ2) is 5.88. The molecule has 0 N–H and O–H groups in total. The average Bonchev–Trinajstić information content (AvgIpc) is 3.03. The van der Waals surface area contributed by atoms with Gasteiger partial charge in [0.2, 0.25) is 11.8 Å². The molecule has 0 saturated carbocycles. The maximum Gasteiger partial charge on any atom is 0.248 e. The van der Waals surface area contributed by atoms with Crippen LogP contribution in [0, 0.1) is 0 Å². The van der Waals surface area contributed by atoms with Crippen molar-refractivity contribution in [3.63, 3.8) is 0 Å². The smallest absolute Gasteiger partial charge is 0.248 e. The number of ether oxygens (including phenoxy) is 1. The van der Waals surface area contributed by atoms with E-state index in [-0.39, 0.29) is 29.9 Å². The van der Waals surface area contributed by atoms with Gasteiger partial charge in [-0.05, 0) is 36.8 Å². The number of likely N-dealkylation sites (N-methyl/N-ethyl adjacent to an activating group) is 1. The fraction of sp³-hybridized carbons (Fsp3) is 0.579. The number of aryl methyl sites for hydroxylation is 1. The van der Waals surface area contributed by atoms with E-state index in [4.69, 9.17) is 4.74 Å². The highest BCUT2D eigenvalue weighted by Gasteiger charge is 2.43. The minimum absolute atomic E-state index is 0.0202. The Morgan fingerprint density at radius 2 is 2.00 bits per heavy atom. The molecule has 24 heavy (non-hydrogen) atoms. The van der Waals surface area contributed by atoms with Crippen LogP contribution in [-0.4, -0.2) is 60.5 Å².